The predicted molar refractivity (Wildman–Crippen MR) is 322 cm³/mol. The Bertz CT molecular complexity index is 1560. The molecule has 0 amide bonds. The fourth-order valence-corrected chi connectivity index (χ4v) is 9.80. The number of aliphatic hydroxyl groups is 2. The molecule has 0 aromatic carbocycles. The maximum absolute atomic E-state index is 13.2. The summed E-state index contributed by atoms with van der Waals surface area (Å²) in [4.78, 5) is 51.3. The molecule has 6 atom stereocenters. The Morgan fingerprint density at radius 3 is 1.19 bits per heavy atom. The number of hydrogen-bond donors (Lipinski definition) is 3. The van der Waals surface area contributed by atoms with E-state index in [-0.39, 0.29) is 25.9 Å². The zero-order valence-corrected chi connectivity index (χ0v) is 50.6. The van der Waals surface area contributed by atoms with E-state index in [2.05, 4.69) is 69.4 Å². The lowest BCUT2D eigenvalue weighted by Gasteiger charge is -2.40. The van der Waals surface area contributed by atoms with Gasteiger partial charge in [-0.1, -0.05) is 230 Å². The Hall–Kier alpha value is -3.32. The van der Waals surface area contributed by atoms with Crippen LogP contribution in [0.5, 0.6) is 0 Å². The van der Waals surface area contributed by atoms with Crippen molar-refractivity contribution in [3.05, 3.63) is 48.6 Å². The molecule has 1 rings (SSSR count). The molecule has 79 heavy (non-hydrogen) atoms. The normalized spacial score (nSPS) is 18.1. The summed E-state index contributed by atoms with van der Waals surface area (Å²) in [6, 6.07) is 0. The van der Waals surface area contributed by atoms with Crippen LogP contribution in [0.3, 0.4) is 0 Å². The van der Waals surface area contributed by atoms with Gasteiger partial charge in [0.15, 0.2) is 24.6 Å². The lowest BCUT2D eigenvalue weighted by molar-refractivity contribution is -0.301. The van der Waals surface area contributed by atoms with Gasteiger partial charge in [-0.25, -0.2) is 4.79 Å². The molecule has 458 valence electrons. The molecular formula is C67H118O12. The van der Waals surface area contributed by atoms with Crippen molar-refractivity contribution in [3.8, 4) is 0 Å². The average molecular weight is 1120 g/mol. The number of carboxylic acid groups (broad SMARTS) is 1. The smallest absolute Gasteiger partial charge is 0.335 e. The first kappa shape index (κ1) is 73.7. The van der Waals surface area contributed by atoms with E-state index < -0.39 is 67.3 Å². The van der Waals surface area contributed by atoms with E-state index in [1.165, 1.54) is 148 Å². The highest BCUT2D eigenvalue weighted by atomic mass is 16.7. The van der Waals surface area contributed by atoms with E-state index in [0.29, 0.717) is 19.3 Å². The highest BCUT2D eigenvalue weighted by molar-refractivity contribution is 5.74. The minimum atomic E-state index is -1.91. The van der Waals surface area contributed by atoms with Gasteiger partial charge in [0.1, 0.15) is 18.8 Å². The molecule has 0 saturated carbocycles. The molecule has 1 fully saturated rings. The summed E-state index contributed by atoms with van der Waals surface area (Å²) in [6.07, 6.45) is 55.0. The zero-order chi connectivity index (χ0) is 57.5. The molecule has 1 aliphatic rings. The maximum atomic E-state index is 13.2. The van der Waals surface area contributed by atoms with Crippen LogP contribution < -0.4 is 0 Å². The summed E-state index contributed by atoms with van der Waals surface area (Å²) in [5.74, 6) is -3.12. The third kappa shape index (κ3) is 45.0. The zero-order valence-electron chi connectivity index (χ0n) is 50.6. The van der Waals surface area contributed by atoms with E-state index in [1.807, 2.05) is 0 Å². The average Bonchev–Trinajstić information content (AvgIpc) is 3.46. The van der Waals surface area contributed by atoms with Crippen molar-refractivity contribution in [2.45, 2.75) is 340 Å². The third-order valence-electron chi connectivity index (χ3n) is 14.8. The predicted octanol–water partition coefficient (Wildman–Crippen LogP) is 17.3. The first-order chi connectivity index (χ1) is 38.6. The number of carbonyl (C=O) groups is 4. The molecule has 0 radical (unpaired) electrons. The van der Waals surface area contributed by atoms with Gasteiger partial charge < -0.3 is 39.0 Å². The lowest BCUT2D eigenvalue weighted by atomic mass is 9.98. The summed E-state index contributed by atoms with van der Waals surface area (Å²) in [5.41, 5.74) is 0. The van der Waals surface area contributed by atoms with Crippen LogP contribution in [-0.4, -0.2) is 89.2 Å². The summed E-state index contributed by atoms with van der Waals surface area (Å²) in [5, 5.41) is 31.5. The number of hydrogen-bond acceptors (Lipinski definition) is 11. The topological polar surface area (TPSA) is 175 Å². The minimum Gasteiger partial charge on any atom is -0.479 e. The first-order valence-electron chi connectivity index (χ1n) is 32.6. The molecule has 1 aliphatic heterocycles. The van der Waals surface area contributed by atoms with Crippen molar-refractivity contribution in [3.63, 3.8) is 0 Å². The second kappa shape index (κ2) is 55.2. The second-order valence-electron chi connectivity index (χ2n) is 22.4. The SMILES string of the molecule is CCCCC/C=C\C/C=C\CCCCCCCCCC(=O)OC(COC(=O)CCCCCCCCCCC/C=C\CCCCCCCC)COC1OC(C(=O)O)C(O)C(O)C1OC(=O)CCCCCCC/C=C\CCCCCC. The Morgan fingerprint density at radius 1 is 0.418 bits per heavy atom. The van der Waals surface area contributed by atoms with E-state index >= 15 is 0 Å². The molecule has 6 unspecified atom stereocenters. The summed E-state index contributed by atoms with van der Waals surface area (Å²) in [7, 11) is 0. The fourth-order valence-electron chi connectivity index (χ4n) is 9.80. The number of esters is 3. The van der Waals surface area contributed by atoms with E-state index in [9.17, 15) is 34.5 Å². The lowest BCUT2D eigenvalue weighted by Crippen LogP contribution is -2.61. The number of rotatable bonds is 56. The molecule has 0 bridgehead atoms. The van der Waals surface area contributed by atoms with Gasteiger partial charge in [0, 0.05) is 19.3 Å². The maximum Gasteiger partial charge on any atom is 0.335 e. The van der Waals surface area contributed by atoms with Crippen molar-refractivity contribution in [1.29, 1.82) is 0 Å². The van der Waals surface area contributed by atoms with Crippen molar-refractivity contribution >= 4 is 23.9 Å². The second-order valence-corrected chi connectivity index (χ2v) is 22.4. The number of aliphatic hydroxyl groups excluding tert-OH is 2. The molecule has 0 aromatic heterocycles. The summed E-state index contributed by atoms with van der Waals surface area (Å²) in [6.45, 7) is 5.97. The molecular weight excluding hydrogens is 997 g/mol. The molecule has 1 heterocycles. The minimum absolute atomic E-state index is 0.0507. The van der Waals surface area contributed by atoms with Crippen LogP contribution in [0.4, 0.5) is 0 Å². The highest BCUT2D eigenvalue weighted by Crippen LogP contribution is 2.27. The molecule has 3 N–H and O–H groups in total. The van der Waals surface area contributed by atoms with Gasteiger partial charge in [-0.05, 0) is 103 Å². The quantitative estimate of drug-likeness (QED) is 0.0228. The van der Waals surface area contributed by atoms with Crippen LogP contribution in [0.25, 0.3) is 0 Å². The highest BCUT2D eigenvalue weighted by Gasteiger charge is 2.50. The van der Waals surface area contributed by atoms with Crippen LogP contribution in [0.2, 0.25) is 0 Å². The van der Waals surface area contributed by atoms with Crippen molar-refractivity contribution in [1.82, 2.24) is 0 Å². The van der Waals surface area contributed by atoms with Gasteiger partial charge in [-0.2, -0.15) is 0 Å². The van der Waals surface area contributed by atoms with Crippen molar-refractivity contribution in [2.24, 2.45) is 0 Å². The van der Waals surface area contributed by atoms with Crippen LogP contribution in [0.1, 0.15) is 303 Å². The Kier molecular flexibility index (Phi) is 51.5. The Morgan fingerprint density at radius 2 is 0.759 bits per heavy atom. The summed E-state index contributed by atoms with van der Waals surface area (Å²) < 4.78 is 28.5. The van der Waals surface area contributed by atoms with Gasteiger partial charge in [0.2, 0.25) is 0 Å². The van der Waals surface area contributed by atoms with Crippen molar-refractivity contribution < 1.29 is 58.2 Å². The number of allylic oxidation sites excluding steroid dienone is 8. The molecule has 1 saturated heterocycles. The van der Waals surface area contributed by atoms with Gasteiger partial charge in [0.25, 0.3) is 0 Å². The van der Waals surface area contributed by atoms with Crippen LogP contribution in [0.15, 0.2) is 48.6 Å². The van der Waals surface area contributed by atoms with E-state index in [0.717, 1.165) is 96.3 Å². The van der Waals surface area contributed by atoms with Crippen LogP contribution >= 0.6 is 0 Å². The van der Waals surface area contributed by atoms with Gasteiger partial charge in [-0.15, -0.1) is 0 Å². The molecule has 12 nitrogen and oxygen atoms in total. The van der Waals surface area contributed by atoms with E-state index in [4.69, 9.17) is 23.7 Å². The monoisotopic (exact) mass is 1110 g/mol. The standard InChI is InChI=1S/C67H118O12/c1-4-7-10-13-16-19-22-25-27-29-30-32-33-36-38-41-44-47-50-53-59(68)75-56-58(77-60(69)54-51-48-45-42-40-37-34-31-28-26-23-20-17-14-11-8-5-2)57-76-67-65(63(72)62(71)64(79-67)66(73)74)78-61(70)55-52-49-46-43-39-35-24-21-18-15-12-9-6-3/h17,20-21,24-28,58,62-65,67,71-72H,4-16,18-19,22-23,29-57H2,1-3H3,(H,73,74)/b20-17-,24-21-,27-25-,28-26-. The molecule has 12 heteroatoms. The van der Waals surface area contributed by atoms with E-state index in [1.54, 1.807) is 0 Å². The van der Waals surface area contributed by atoms with Crippen molar-refractivity contribution in [2.75, 3.05) is 13.2 Å². The molecule has 0 aliphatic carbocycles. The molecule has 0 spiro atoms. The Balaban J connectivity index is 2.65. The number of unbranched alkanes of at least 4 members (excludes halogenated alkanes) is 34. The third-order valence-corrected chi connectivity index (χ3v) is 14.8. The van der Waals surface area contributed by atoms with Gasteiger partial charge in [-0.3, -0.25) is 14.4 Å². The van der Waals surface area contributed by atoms with Crippen LogP contribution in [-0.2, 0) is 42.9 Å². The molecule has 0 aromatic rings. The summed E-state index contributed by atoms with van der Waals surface area (Å²) >= 11 is 0. The largest absolute Gasteiger partial charge is 0.479 e. The van der Waals surface area contributed by atoms with Gasteiger partial charge in [0.05, 0.1) is 6.61 Å². The number of aliphatic carboxylic acids is 1. The first-order valence-corrected chi connectivity index (χ1v) is 32.6. The fraction of sp³-hybridized carbons (Fsp3) is 0.821. The number of ether oxygens (including phenoxy) is 5. The van der Waals surface area contributed by atoms with Crippen LogP contribution in [0, 0.1) is 0 Å². The number of carboxylic acids is 1. The number of carbonyl (C=O) groups excluding carboxylic acids is 3. The van der Waals surface area contributed by atoms with Gasteiger partial charge >= 0.3 is 23.9 Å². The Labute approximate surface area is 482 Å².